The molecule has 8 bridgehead atoms. The van der Waals surface area contributed by atoms with E-state index in [0.717, 1.165) is 128 Å². The summed E-state index contributed by atoms with van der Waals surface area (Å²) >= 11 is 0. The molecule has 0 aromatic heterocycles. The predicted molar refractivity (Wildman–Crippen MR) is 318 cm³/mol. The summed E-state index contributed by atoms with van der Waals surface area (Å²) in [5.41, 5.74) is 6.80. The van der Waals surface area contributed by atoms with Crippen molar-refractivity contribution in [3.63, 3.8) is 0 Å². The van der Waals surface area contributed by atoms with Gasteiger partial charge in [0.25, 0.3) is 0 Å². The lowest BCUT2D eigenvalue weighted by atomic mass is 9.88. The Balaban J connectivity index is 1.88. The molecule has 0 heterocycles. The zero-order chi connectivity index (χ0) is 57.5. The highest BCUT2D eigenvalue weighted by Gasteiger charge is 2.28. The van der Waals surface area contributed by atoms with Gasteiger partial charge in [-0.25, -0.2) is 19.2 Å². The van der Waals surface area contributed by atoms with E-state index < -0.39 is 23.9 Å². The first-order valence-electron chi connectivity index (χ1n) is 30.5. The summed E-state index contributed by atoms with van der Waals surface area (Å²) in [6, 6.07) is 14.6. The smallest absolute Gasteiger partial charge is 0.337 e. The Morgan fingerprint density at radius 1 is 0.275 bits per heavy atom. The van der Waals surface area contributed by atoms with Crippen molar-refractivity contribution in [1.29, 1.82) is 0 Å². The Kier molecular flexibility index (Phi) is 29.4. The van der Waals surface area contributed by atoms with Crippen molar-refractivity contribution in [3.05, 3.63) is 115 Å². The lowest BCUT2D eigenvalue weighted by Gasteiger charge is -2.24. The van der Waals surface area contributed by atoms with Crippen molar-refractivity contribution in [2.45, 2.75) is 207 Å². The number of fused-ring (bicyclic) bond motifs is 8. The first-order valence-corrected chi connectivity index (χ1v) is 30.5. The maximum absolute atomic E-state index is 13.9. The molecule has 4 aromatic rings. The van der Waals surface area contributed by atoms with Gasteiger partial charge in [0.05, 0.1) is 77.1 Å². The Hall–Kier alpha value is -6.04. The average molecular weight is 1110 g/mol. The highest BCUT2D eigenvalue weighted by Crippen LogP contribution is 2.42. The van der Waals surface area contributed by atoms with Gasteiger partial charge in [0.1, 0.15) is 23.0 Å². The van der Waals surface area contributed by atoms with Gasteiger partial charge in [-0.3, -0.25) is 0 Å². The number of unbranched alkanes of at least 4 members (excludes halogenated alkanes) is 20. The fraction of sp³-hybridized carbons (Fsp3) is 0.588. The van der Waals surface area contributed by atoms with Gasteiger partial charge in [-0.05, 0) is 119 Å². The van der Waals surface area contributed by atoms with E-state index in [2.05, 4.69) is 27.7 Å². The largest absolute Gasteiger partial charge is 0.493 e. The molecular weight excluding hydrogens is 1010 g/mol. The van der Waals surface area contributed by atoms with Crippen LogP contribution in [-0.2, 0) is 44.6 Å². The van der Waals surface area contributed by atoms with E-state index in [-0.39, 0.29) is 25.7 Å². The minimum absolute atomic E-state index is 0.191. The monoisotopic (exact) mass is 1100 g/mol. The summed E-state index contributed by atoms with van der Waals surface area (Å²) in [6.45, 7) is 10.5. The van der Waals surface area contributed by atoms with Crippen molar-refractivity contribution in [2.24, 2.45) is 0 Å². The van der Waals surface area contributed by atoms with E-state index >= 15 is 0 Å². The van der Waals surface area contributed by atoms with Crippen LogP contribution < -0.4 is 18.9 Å². The molecule has 0 radical (unpaired) electrons. The number of carbonyl (C=O) groups excluding carboxylic acids is 4. The number of carbonyl (C=O) groups is 4. The van der Waals surface area contributed by atoms with Gasteiger partial charge in [-0.15, -0.1) is 0 Å². The Bertz CT molecular complexity index is 2120. The van der Waals surface area contributed by atoms with Crippen molar-refractivity contribution >= 4 is 23.9 Å². The van der Waals surface area contributed by atoms with Gasteiger partial charge in [0.2, 0.25) is 0 Å². The van der Waals surface area contributed by atoms with Gasteiger partial charge in [0, 0.05) is 25.7 Å². The summed E-state index contributed by atoms with van der Waals surface area (Å²) in [7, 11) is 5.48. The number of methoxy groups -OCH3 is 4. The normalized spacial score (nSPS) is 11.9. The average Bonchev–Trinajstić information content (AvgIpc) is 3.46. The molecule has 80 heavy (non-hydrogen) atoms. The fourth-order valence-corrected chi connectivity index (χ4v) is 10.8. The van der Waals surface area contributed by atoms with Crippen LogP contribution in [0.4, 0.5) is 0 Å². The molecule has 0 aliphatic heterocycles. The van der Waals surface area contributed by atoms with Crippen molar-refractivity contribution in [2.75, 3.05) is 54.9 Å². The first kappa shape index (κ1) is 64.8. The van der Waals surface area contributed by atoms with Gasteiger partial charge in [-0.2, -0.15) is 0 Å². The van der Waals surface area contributed by atoms with Crippen molar-refractivity contribution < 1.29 is 57.1 Å². The number of hydrogen-bond donors (Lipinski definition) is 0. The zero-order valence-corrected chi connectivity index (χ0v) is 50.1. The van der Waals surface area contributed by atoms with Crippen LogP contribution in [0.15, 0.2) is 48.5 Å². The third-order valence-electron chi connectivity index (χ3n) is 15.2. The van der Waals surface area contributed by atoms with E-state index in [1.54, 1.807) is 0 Å². The van der Waals surface area contributed by atoms with Gasteiger partial charge in [0.15, 0.2) is 0 Å². The Morgan fingerprint density at radius 2 is 0.438 bits per heavy atom. The van der Waals surface area contributed by atoms with Crippen LogP contribution in [0.1, 0.15) is 268 Å². The number of hydrogen-bond acceptors (Lipinski definition) is 12. The molecule has 5 rings (SSSR count). The molecule has 1 aliphatic rings. The molecule has 0 fully saturated rings. The molecule has 440 valence electrons. The quantitative estimate of drug-likeness (QED) is 0.0214. The second kappa shape index (κ2) is 36.3. The molecular formula is C68H96O12. The minimum Gasteiger partial charge on any atom is -0.493 e. The predicted octanol–water partition coefficient (Wildman–Crippen LogP) is 16.5. The van der Waals surface area contributed by atoms with E-state index in [1.165, 1.54) is 54.1 Å². The van der Waals surface area contributed by atoms with Crippen LogP contribution in [-0.4, -0.2) is 78.7 Å². The molecule has 0 N–H and O–H groups in total. The molecule has 0 spiro atoms. The maximum atomic E-state index is 13.9. The van der Waals surface area contributed by atoms with Crippen LogP contribution in [0.2, 0.25) is 0 Å². The lowest BCUT2D eigenvalue weighted by Crippen LogP contribution is -2.14. The van der Waals surface area contributed by atoms with Crippen LogP contribution in [0.5, 0.6) is 23.0 Å². The number of esters is 4. The molecule has 0 amide bonds. The lowest BCUT2D eigenvalue weighted by molar-refractivity contribution is 0.0591. The molecule has 0 saturated carbocycles. The third kappa shape index (κ3) is 20.2. The fourth-order valence-electron chi connectivity index (χ4n) is 10.8. The molecule has 0 saturated heterocycles. The Morgan fingerprint density at radius 3 is 0.600 bits per heavy atom. The van der Waals surface area contributed by atoms with E-state index in [4.69, 9.17) is 37.9 Å². The maximum Gasteiger partial charge on any atom is 0.337 e. The summed E-state index contributed by atoms with van der Waals surface area (Å²) in [4.78, 5) is 55.6. The first-order chi connectivity index (χ1) is 39.0. The van der Waals surface area contributed by atoms with Crippen molar-refractivity contribution in [3.8, 4) is 23.0 Å². The van der Waals surface area contributed by atoms with Crippen LogP contribution in [0.3, 0.4) is 0 Å². The zero-order valence-electron chi connectivity index (χ0n) is 50.1. The number of benzene rings is 4. The Labute approximate surface area is 479 Å². The number of ether oxygens (including phenoxy) is 8. The van der Waals surface area contributed by atoms with Crippen LogP contribution in [0, 0.1) is 0 Å². The van der Waals surface area contributed by atoms with E-state index in [0.29, 0.717) is 116 Å². The van der Waals surface area contributed by atoms with Crippen LogP contribution in [0.25, 0.3) is 0 Å². The topological polar surface area (TPSA) is 142 Å². The summed E-state index contributed by atoms with van der Waals surface area (Å²) in [5.74, 6) is 0.279. The molecule has 12 nitrogen and oxygen atoms in total. The molecule has 0 atom stereocenters. The van der Waals surface area contributed by atoms with Gasteiger partial charge >= 0.3 is 23.9 Å². The van der Waals surface area contributed by atoms with Gasteiger partial charge < -0.3 is 37.9 Å². The molecule has 12 heteroatoms. The summed E-state index contributed by atoms with van der Waals surface area (Å²) in [6.07, 6.45) is 26.3. The summed E-state index contributed by atoms with van der Waals surface area (Å²) < 4.78 is 49.7. The molecule has 0 unspecified atom stereocenters. The second-order valence-electron chi connectivity index (χ2n) is 21.6. The second-order valence-corrected chi connectivity index (χ2v) is 21.6. The van der Waals surface area contributed by atoms with Crippen molar-refractivity contribution in [1.82, 2.24) is 0 Å². The van der Waals surface area contributed by atoms with E-state index in [1.807, 2.05) is 48.5 Å². The highest BCUT2D eigenvalue weighted by molar-refractivity contribution is 5.93. The van der Waals surface area contributed by atoms with E-state index in [9.17, 15) is 19.2 Å². The SMILES string of the molecule is CCCCCCCCOc1c2cc(C(=O)OC)cc1Cc1cc(C(=O)OC)cc(c1OCCCCCCCC)Cc1cc(C(=O)OC)cc(c1OCCCCCCCC)Cc1cc(C(=O)OC)cc(c1OCCCCCCCC)C2. The van der Waals surface area contributed by atoms with Gasteiger partial charge in [-0.1, -0.05) is 156 Å². The minimum atomic E-state index is -0.523. The summed E-state index contributed by atoms with van der Waals surface area (Å²) in [5, 5.41) is 0. The molecule has 4 aromatic carbocycles. The third-order valence-corrected chi connectivity index (χ3v) is 15.2. The molecule has 1 aliphatic carbocycles. The number of rotatable bonds is 36. The standard InChI is InChI=1S/C68H96O12/c1-9-13-17-21-25-29-33-77-61-49-37-51-43-58(66(70)74-6)45-53(62(51)78-34-30-26-22-18-14-10-2)39-55-47-60(68(72)76-8)48-56(64(55)80-36-32-28-24-20-16-12-4)40-54-46-59(67(71)75-7)44-52(38-50(61)42-57(41-49)65(69)73-5)63(54)79-35-31-27-23-19-15-11-3/h41-48H,9-40H2,1-8H3. The highest BCUT2D eigenvalue weighted by atomic mass is 16.5. The van der Waals surface area contributed by atoms with Crippen LogP contribution >= 0.6 is 0 Å².